The maximum Gasteiger partial charge on any atom is 0.325 e. The van der Waals surface area contributed by atoms with E-state index in [4.69, 9.17) is 0 Å². The first-order valence-electron chi connectivity index (χ1n) is 9.25. The smallest absolute Gasteiger partial charge is 0.291 e. The molecule has 1 aliphatic heterocycles. The van der Waals surface area contributed by atoms with Crippen molar-refractivity contribution in [2.75, 3.05) is 10.7 Å². The van der Waals surface area contributed by atoms with Crippen molar-refractivity contribution in [3.8, 4) is 11.3 Å². The Balaban J connectivity index is 2.11. The third kappa shape index (κ3) is 3.14. The number of aromatic nitrogens is 3. The number of hydrogen-bond acceptors (Lipinski definition) is 6. The number of rotatable bonds is 4. The Morgan fingerprint density at radius 2 is 1.97 bits per heavy atom. The molecular formula is C20H18N5O4S+. The lowest BCUT2D eigenvalue weighted by Crippen LogP contribution is -2.60. The van der Waals surface area contributed by atoms with E-state index in [1.54, 1.807) is 42.5 Å². The van der Waals surface area contributed by atoms with Gasteiger partial charge in [-0.1, -0.05) is 43.0 Å². The molecule has 152 valence electrons. The van der Waals surface area contributed by atoms with E-state index in [1.807, 2.05) is 6.92 Å². The van der Waals surface area contributed by atoms with E-state index in [1.165, 1.54) is 34.3 Å². The molecule has 10 heteroatoms. The van der Waals surface area contributed by atoms with Gasteiger partial charge in [-0.05, 0) is 28.6 Å². The summed E-state index contributed by atoms with van der Waals surface area (Å²) in [6.07, 6.45) is -0.979. The molecule has 3 aromatic rings. The summed E-state index contributed by atoms with van der Waals surface area (Å²) in [6.45, 7) is 3.31. The van der Waals surface area contributed by atoms with E-state index in [0.29, 0.717) is 22.2 Å². The Kier molecular flexibility index (Phi) is 5.08. The molecule has 1 N–H and O–H groups in total. The van der Waals surface area contributed by atoms with Crippen molar-refractivity contribution in [1.82, 2.24) is 10.1 Å². The Morgan fingerprint density at radius 1 is 1.27 bits per heavy atom. The van der Waals surface area contributed by atoms with Gasteiger partial charge in [-0.15, -0.1) is 0 Å². The predicted octanol–water partition coefficient (Wildman–Crippen LogP) is 2.66. The quantitative estimate of drug-likeness (QED) is 0.298. The van der Waals surface area contributed by atoms with Crippen molar-refractivity contribution in [2.24, 2.45) is 0 Å². The van der Waals surface area contributed by atoms with Crippen LogP contribution in [-0.4, -0.2) is 26.7 Å². The number of carbonyl (C=O) groups is 1. The molecule has 0 fully saturated rings. The van der Waals surface area contributed by atoms with Gasteiger partial charge in [-0.25, -0.2) is 4.90 Å². The fraction of sp³-hybridized carbons (Fsp3) is 0.200. The molecule has 0 saturated carbocycles. The zero-order valence-electron chi connectivity index (χ0n) is 16.2. The highest BCUT2D eigenvalue weighted by Crippen LogP contribution is 2.39. The van der Waals surface area contributed by atoms with Gasteiger partial charge >= 0.3 is 11.3 Å². The molecule has 1 amide bonds. The summed E-state index contributed by atoms with van der Waals surface area (Å²) < 4.78 is 1.42. The number of hydrogen-bond donors (Lipinski definition) is 1. The van der Waals surface area contributed by atoms with Gasteiger partial charge in [-0.3, -0.25) is 24.7 Å². The molecule has 0 bridgehead atoms. The molecule has 9 nitrogen and oxygen atoms in total. The number of anilines is 1. The lowest BCUT2D eigenvalue weighted by molar-refractivity contribution is -0.763. The second-order valence-corrected chi connectivity index (χ2v) is 7.83. The van der Waals surface area contributed by atoms with Gasteiger partial charge in [0.1, 0.15) is 5.56 Å². The highest BCUT2D eigenvalue weighted by atomic mass is 32.2. The van der Waals surface area contributed by atoms with E-state index in [9.17, 15) is 19.7 Å². The number of benzene rings is 2. The summed E-state index contributed by atoms with van der Waals surface area (Å²) in [5.74, 6) is 0.348. The van der Waals surface area contributed by atoms with Crippen LogP contribution in [0.3, 0.4) is 0 Å². The van der Waals surface area contributed by atoms with Gasteiger partial charge in [0.15, 0.2) is 0 Å². The van der Waals surface area contributed by atoms with E-state index in [-0.39, 0.29) is 28.4 Å². The molecule has 0 aliphatic carbocycles. The first-order chi connectivity index (χ1) is 14.4. The molecule has 1 aliphatic rings. The van der Waals surface area contributed by atoms with Crippen LogP contribution in [0, 0.1) is 10.1 Å². The van der Waals surface area contributed by atoms with Crippen molar-refractivity contribution in [2.45, 2.75) is 25.2 Å². The third-order valence-corrected chi connectivity index (χ3v) is 5.54. The van der Waals surface area contributed by atoms with Gasteiger partial charge in [-0.2, -0.15) is 0 Å². The van der Waals surface area contributed by atoms with Gasteiger partial charge in [0, 0.05) is 18.1 Å². The molecule has 30 heavy (non-hydrogen) atoms. The van der Waals surface area contributed by atoms with Crippen LogP contribution < -0.4 is 15.1 Å². The van der Waals surface area contributed by atoms with Gasteiger partial charge < -0.3 is 0 Å². The van der Waals surface area contributed by atoms with Crippen molar-refractivity contribution in [3.63, 3.8) is 0 Å². The molecule has 1 aromatic heterocycles. The van der Waals surface area contributed by atoms with E-state index >= 15 is 0 Å². The van der Waals surface area contributed by atoms with Gasteiger partial charge in [0.25, 0.3) is 11.9 Å². The lowest BCUT2D eigenvalue weighted by Gasteiger charge is -2.31. The van der Waals surface area contributed by atoms with Crippen molar-refractivity contribution >= 4 is 29.0 Å². The fourth-order valence-electron chi connectivity index (χ4n) is 3.67. The summed E-state index contributed by atoms with van der Waals surface area (Å²) in [6, 6.07) is 13.2. The molecule has 2 heterocycles. The minimum Gasteiger partial charge on any atom is -0.291 e. The predicted molar refractivity (Wildman–Crippen MR) is 111 cm³/mol. The van der Waals surface area contributed by atoms with Gasteiger partial charge in [0.05, 0.1) is 16.2 Å². The number of nitro benzene ring substituents is 1. The number of nitrogens with one attached hydrogen (secondary N) is 1. The van der Waals surface area contributed by atoms with Crippen molar-refractivity contribution in [3.05, 3.63) is 74.6 Å². The van der Waals surface area contributed by atoms with Crippen LogP contribution in [-0.2, 0) is 4.79 Å². The standard InChI is InChI=1S/C20H17N5O4S/c1-3-30-20-21-18(27)17-13-8-4-6-10-15(13)23(12(2)26)19(24(17)22-20)14-9-5-7-11-16(14)25(28)29/h4-11,19H,3H2,1-2H3/p+1/t19-/m1/s1. The minimum absolute atomic E-state index is 0.154. The number of carbonyl (C=O) groups excluding carboxylic acids is 1. The Hall–Kier alpha value is -3.53. The van der Waals surface area contributed by atoms with Crippen molar-refractivity contribution < 1.29 is 14.4 Å². The van der Waals surface area contributed by atoms with E-state index < -0.39 is 11.1 Å². The van der Waals surface area contributed by atoms with Crippen LogP contribution in [0.4, 0.5) is 11.4 Å². The number of thioether (sulfide) groups is 1. The zero-order chi connectivity index (χ0) is 21.4. The SMILES string of the molecule is CCSc1n[n+]2c(c(=O)[nH]1)-c1ccccc1N(C(C)=O)[C@H]2c1ccccc1[N+](=O)[O-]. The maximum atomic E-state index is 13.0. The summed E-state index contributed by atoms with van der Waals surface area (Å²) >= 11 is 1.34. The summed E-state index contributed by atoms with van der Waals surface area (Å²) in [5, 5.41) is 16.7. The Morgan fingerprint density at radius 3 is 2.67 bits per heavy atom. The maximum absolute atomic E-state index is 13.0. The summed E-state index contributed by atoms with van der Waals surface area (Å²) in [5.41, 5.74) is 1.01. The van der Waals surface area contributed by atoms with Crippen LogP contribution in [0.15, 0.2) is 58.5 Å². The normalized spacial score (nSPS) is 14.7. The largest absolute Gasteiger partial charge is 0.325 e. The summed E-state index contributed by atoms with van der Waals surface area (Å²) in [7, 11) is 0. The molecule has 0 spiro atoms. The molecule has 2 aromatic carbocycles. The first kappa shape index (κ1) is 19.8. The highest BCUT2D eigenvalue weighted by Gasteiger charge is 2.47. The van der Waals surface area contributed by atoms with E-state index in [2.05, 4.69) is 10.1 Å². The number of nitrogens with zero attached hydrogens (tertiary/aromatic N) is 4. The first-order valence-corrected chi connectivity index (χ1v) is 10.2. The second-order valence-electron chi connectivity index (χ2n) is 6.58. The number of amides is 1. The molecule has 0 unspecified atom stereocenters. The van der Waals surface area contributed by atoms with Crippen LogP contribution >= 0.6 is 11.8 Å². The molecule has 0 saturated heterocycles. The third-order valence-electron chi connectivity index (χ3n) is 4.79. The topological polar surface area (TPSA) is 113 Å². The van der Waals surface area contributed by atoms with Crippen LogP contribution in [0.5, 0.6) is 0 Å². The molecular weight excluding hydrogens is 406 g/mol. The van der Waals surface area contributed by atoms with E-state index in [0.717, 1.165) is 0 Å². The lowest BCUT2D eigenvalue weighted by atomic mass is 10.0. The van der Waals surface area contributed by atoms with Crippen LogP contribution in [0.2, 0.25) is 0 Å². The number of aromatic amines is 1. The highest BCUT2D eigenvalue weighted by molar-refractivity contribution is 7.99. The molecule has 1 atom stereocenters. The van der Waals surface area contributed by atoms with Gasteiger partial charge in [0.2, 0.25) is 11.1 Å². The number of para-hydroxylation sites is 2. The second kappa shape index (κ2) is 7.71. The fourth-order valence-corrected chi connectivity index (χ4v) is 4.25. The number of nitro groups is 1. The van der Waals surface area contributed by atoms with Crippen LogP contribution in [0.25, 0.3) is 11.3 Å². The summed E-state index contributed by atoms with van der Waals surface area (Å²) in [4.78, 5) is 41.2. The number of fused-ring (bicyclic) bond motifs is 3. The molecule has 4 rings (SSSR count). The average Bonchev–Trinajstić information content (AvgIpc) is 2.72. The molecule has 0 radical (unpaired) electrons. The average molecular weight is 424 g/mol. The number of H-pyrrole nitrogens is 1. The Bertz CT molecular complexity index is 1230. The zero-order valence-corrected chi connectivity index (χ0v) is 17.0. The Labute approximate surface area is 175 Å². The minimum atomic E-state index is -0.979. The van der Waals surface area contributed by atoms with Crippen LogP contribution in [0.1, 0.15) is 25.6 Å². The van der Waals surface area contributed by atoms with Crippen molar-refractivity contribution in [1.29, 1.82) is 0 Å². The monoisotopic (exact) mass is 424 g/mol.